The molecule has 0 aliphatic rings. The lowest BCUT2D eigenvalue weighted by atomic mass is 9.96. The van der Waals surface area contributed by atoms with Crippen LogP contribution < -0.4 is 15.4 Å². The van der Waals surface area contributed by atoms with Crippen LogP contribution >= 0.6 is 11.3 Å². The zero-order valence-corrected chi connectivity index (χ0v) is 19.5. The van der Waals surface area contributed by atoms with Crippen LogP contribution in [-0.4, -0.2) is 28.5 Å². The summed E-state index contributed by atoms with van der Waals surface area (Å²) < 4.78 is 7.13. The number of hydrogen-bond donors (Lipinski definition) is 2. The Kier molecular flexibility index (Phi) is 6.50. The third kappa shape index (κ3) is 5.14. The number of amides is 2. The van der Waals surface area contributed by atoms with Crippen molar-refractivity contribution in [3.05, 3.63) is 64.6 Å². The fourth-order valence-corrected chi connectivity index (χ4v) is 3.98. The van der Waals surface area contributed by atoms with Crippen molar-refractivity contribution < 1.29 is 14.3 Å². The first-order chi connectivity index (χ1) is 14.6. The van der Waals surface area contributed by atoms with E-state index in [1.54, 1.807) is 13.3 Å². The Morgan fingerprint density at radius 1 is 1.19 bits per heavy atom. The molecule has 3 aromatic rings. The molecule has 0 fully saturated rings. The van der Waals surface area contributed by atoms with Crippen molar-refractivity contribution in [2.45, 2.75) is 33.7 Å². The smallest absolute Gasteiger partial charge is 0.262 e. The Bertz CT molecular complexity index is 1080. The minimum atomic E-state index is -0.516. The predicted molar refractivity (Wildman–Crippen MR) is 123 cm³/mol. The highest BCUT2D eigenvalue weighted by Crippen LogP contribution is 2.30. The molecule has 1 atom stereocenters. The summed E-state index contributed by atoms with van der Waals surface area (Å²) in [7, 11) is 3.50. The van der Waals surface area contributed by atoms with Crippen LogP contribution in [0.3, 0.4) is 0 Å². The molecule has 0 saturated carbocycles. The normalized spacial score (nSPS) is 12.3. The molecule has 0 unspecified atom stereocenters. The van der Waals surface area contributed by atoms with Crippen LogP contribution in [0.1, 0.15) is 53.4 Å². The monoisotopic (exact) mass is 440 g/mol. The number of ether oxygens (including phenoxy) is 1. The van der Waals surface area contributed by atoms with Gasteiger partial charge in [-0.2, -0.15) is 0 Å². The van der Waals surface area contributed by atoms with Gasteiger partial charge in [-0.3, -0.25) is 9.59 Å². The SMILES string of the molecule is COc1ccc([C@H](NC(=O)c2sc(NC(=O)C(C)(C)C)cc2C)c2nccn2C)cc1. The summed E-state index contributed by atoms with van der Waals surface area (Å²) >= 11 is 1.27. The van der Waals surface area contributed by atoms with Gasteiger partial charge in [-0.1, -0.05) is 32.9 Å². The molecule has 2 N–H and O–H groups in total. The fraction of sp³-hybridized carbons (Fsp3) is 0.348. The second-order valence-electron chi connectivity index (χ2n) is 8.40. The standard InChI is InChI=1S/C23H28N4O3S/c1-14-13-17(25-22(29)23(2,3)4)31-19(14)21(28)26-18(20-24-11-12-27(20)5)15-7-9-16(30-6)10-8-15/h7-13,18H,1-6H3,(H,25,29)(H,26,28)/t18-/m0/s1. The molecule has 3 rings (SSSR count). The number of nitrogens with zero attached hydrogens (tertiary/aromatic N) is 2. The molecule has 2 heterocycles. The molecule has 2 amide bonds. The van der Waals surface area contributed by atoms with Crippen LogP contribution in [0.4, 0.5) is 5.00 Å². The number of methoxy groups -OCH3 is 1. The van der Waals surface area contributed by atoms with Crippen LogP contribution in [-0.2, 0) is 11.8 Å². The summed E-state index contributed by atoms with van der Waals surface area (Å²) in [6.45, 7) is 7.41. The first kappa shape index (κ1) is 22.6. The van der Waals surface area contributed by atoms with Gasteiger partial charge in [0.1, 0.15) is 17.6 Å². The minimum absolute atomic E-state index is 0.0928. The van der Waals surface area contributed by atoms with Crippen LogP contribution in [0, 0.1) is 12.3 Å². The molecule has 0 aliphatic carbocycles. The van der Waals surface area contributed by atoms with Crippen LogP contribution in [0.5, 0.6) is 5.75 Å². The summed E-state index contributed by atoms with van der Waals surface area (Å²) in [5.41, 5.74) is 1.18. The molecule has 0 aliphatic heterocycles. The lowest BCUT2D eigenvalue weighted by molar-refractivity contribution is -0.123. The average Bonchev–Trinajstić information content (AvgIpc) is 3.30. The molecule has 7 nitrogen and oxygen atoms in total. The number of carbonyl (C=O) groups excluding carboxylic acids is 2. The van der Waals surface area contributed by atoms with Gasteiger partial charge >= 0.3 is 0 Å². The molecule has 0 bridgehead atoms. The highest BCUT2D eigenvalue weighted by atomic mass is 32.1. The van der Waals surface area contributed by atoms with Crippen molar-refractivity contribution in [2.75, 3.05) is 12.4 Å². The highest BCUT2D eigenvalue weighted by Gasteiger charge is 2.25. The largest absolute Gasteiger partial charge is 0.497 e. The third-order valence-corrected chi connectivity index (χ3v) is 6.03. The van der Waals surface area contributed by atoms with E-state index < -0.39 is 11.5 Å². The number of thiophene rings is 1. The second-order valence-corrected chi connectivity index (χ2v) is 9.46. The summed E-state index contributed by atoms with van der Waals surface area (Å²) in [6.07, 6.45) is 3.54. The van der Waals surface area contributed by atoms with E-state index in [0.29, 0.717) is 15.7 Å². The van der Waals surface area contributed by atoms with E-state index in [9.17, 15) is 9.59 Å². The van der Waals surface area contributed by atoms with E-state index in [2.05, 4.69) is 15.6 Å². The number of nitrogens with one attached hydrogen (secondary N) is 2. The van der Waals surface area contributed by atoms with E-state index in [4.69, 9.17) is 4.74 Å². The molecule has 2 aromatic heterocycles. The lowest BCUT2D eigenvalue weighted by Gasteiger charge is -2.19. The maximum absolute atomic E-state index is 13.2. The minimum Gasteiger partial charge on any atom is -0.497 e. The van der Waals surface area contributed by atoms with Crippen molar-refractivity contribution in [1.82, 2.24) is 14.9 Å². The third-order valence-electron chi connectivity index (χ3n) is 4.88. The van der Waals surface area contributed by atoms with Crippen molar-refractivity contribution >= 4 is 28.2 Å². The Morgan fingerprint density at radius 2 is 1.87 bits per heavy atom. The molecule has 31 heavy (non-hydrogen) atoms. The molecule has 8 heteroatoms. The predicted octanol–water partition coefficient (Wildman–Crippen LogP) is 4.30. The summed E-state index contributed by atoms with van der Waals surface area (Å²) in [6, 6.07) is 8.92. The summed E-state index contributed by atoms with van der Waals surface area (Å²) in [4.78, 5) is 30.5. The van der Waals surface area contributed by atoms with Crippen molar-refractivity contribution in [1.29, 1.82) is 0 Å². The summed E-state index contributed by atoms with van der Waals surface area (Å²) in [5, 5.41) is 6.66. The fourth-order valence-electron chi connectivity index (χ4n) is 3.01. The maximum atomic E-state index is 13.2. The quantitative estimate of drug-likeness (QED) is 0.598. The number of benzene rings is 1. The van der Waals surface area contributed by atoms with Crippen molar-refractivity contribution in [2.24, 2.45) is 12.5 Å². The Morgan fingerprint density at radius 3 is 2.42 bits per heavy atom. The molecule has 0 spiro atoms. The molecule has 0 radical (unpaired) electrons. The van der Waals surface area contributed by atoms with Gasteiger partial charge in [-0.15, -0.1) is 11.3 Å². The Balaban J connectivity index is 1.87. The maximum Gasteiger partial charge on any atom is 0.262 e. The number of aromatic nitrogens is 2. The Hall–Kier alpha value is -3.13. The topological polar surface area (TPSA) is 85.2 Å². The first-order valence-electron chi connectivity index (χ1n) is 9.94. The zero-order valence-electron chi connectivity index (χ0n) is 18.6. The highest BCUT2D eigenvalue weighted by molar-refractivity contribution is 7.18. The number of hydrogen-bond acceptors (Lipinski definition) is 5. The number of imidazole rings is 1. The number of rotatable bonds is 6. The molecular formula is C23H28N4O3S. The van der Waals surface area contributed by atoms with Gasteiger partial charge in [-0.25, -0.2) is 4.98 Å². The molecule has 0 saturated heterocycles. The van der Waals surface area contributed by atoms with E-state index >= 15 is 0 Å². The van der Waals surface area contributed by atoms with Crippen LogP contribution in [0.2, 0.25) is 0 Å². The van der Waals surface area contributed by atoms with E-state index in [1.165, 1.54) is 11.3 Å². The molecule has 164 valence electrons. The van der Waals surface area contributed by atoms with Gasteiger partial charge in [0.25, 0.3) is 5.91 Å². The van der Waals surface area contributed by atoms with Gasteiger partial charge in [0, 0.05) is 24.9 Å². The van der Waals surface area contributed by atoms with Crippen molar-refractivity contribution in [3.63, 3.8) is 0 Å². The van der Waals surface area contributed by atoms with Gasteiger partial charge in [0.15, 0.2) is 0 Å². The van der Waals surface area contributed by atoms with E-state index in [0.717, 1.165) is 16.9 Å². The Labute approximate surface area is 186 Å². The summed E-state index contributed by atoms with van der Waals surface area (Å²) in [5.74, 6) is 1.14. The average molecular weight is 441 g/mol. The number of anilines is 1. The van der Waals surface area contributed by atoms with Gasteiger partial charge in [0.05, 0.1) is 17.0 Å². The van der Waals surface area contributed by atoms with Crippen molar-refractivity contribution in [3.8, 4) is 5.75 Å². The molecule has 1 aromatic carbocycles. The second kappa shape index (κ2) is 8.93. The van der Waals surface area contributed by atoms with Gasteiger partial charge in [-0.05, 0) is 36.2 Å². The lowest BCUT2D eigenvalue weighted by Crippen LogP contribution is -2.31. The van der Waals surface area contributed by atoms with E-state index in [1.807, 2.05) is 75.8 Å². The molecular weight excluding hydrogens is 412 g/mol. The van der Waals surface area contributed by atoms with Crippen LogP contribution in [0.25, 0.3) is 0 Å². The van der Waals surface area contributed by atoms with Gasteiger partial charge < -0.3 is 19.9 Å². The van der Waals surface area contributed by atoms with Gasteiger partial charge in [0.2, 0.25) is 5.91 Å². The first-order valence-corrected chi connectivity index (χ1v) is 10.8. The number of carbonyl (C=O) groups is 2. The number of aryl methyl sites for hydroxylation is 2. The van der Waals surface area contributed by atoms with E-state index in [-0.39, 0.29) is 11.8 Å². The zero-order chi connectivity index (χ0) is 22.8. The van der Waals surface area contributed by atoms with Crippen LogP contribution in [0.15, 0.2) is 42.7 Å².